The van der Waals surface area contributed by atoms with Gasteiger partial charge in [0.05, 0.1) is 15.6 Å². The first kappa shape index (κ1) is 14.4. The van der Waals surface area contributed by atoms with E-state index < -0.39 is 10.0 Å². The van der Waals surface area contributed by atoms with Crippen LogP contribution in [0.1, 0.15) is 5.56 Å². The van der Waals surface area contributed by atoms with Crippen LogP contribution in [-0.4, -0.2) is 8.42 Å². The summed E-state index contributed by atoms with van der Waals surface area (Å²) in [6.07, 6.45) is 0. The maximum absolute atomic E-state index is 12.2. The summed E-state index contributed by atoms with van der Waals surface area (Å²) in [7, 11) is -3.62. The molecule has 0 heterocycles. The second kappa shape index (κ2) is 5.53. The molecule has 0 atom stereocenters. The Morgan fingerprint density at radius 1 is 1.11 bits per heavy atom. The lowest BCUT2D eigenvalue weighted by Gasteiger charge is -2.10. The molecule has 0 amide bonds. The first-order valence-electron chi connectivity index (χ1n) is 5.43. The minimum absolute atomic E-state index is 0.188. The molecule has 2 aromatic rings. The fourth-order valence-corrected chi connectivity index (χ4v) is 3.09. The highest BCUT2D eigenvalue weighted by Gasteiger charge is 2.15. The number of hydrogen-bond acceptors (Lipinski definition) is 2. The average Bonchev–Trinajstić information content (AvgIpc) is 2.34. The second-order valence-corrected chi connectivity index (χ2v) is 7.05. The Balaban J connectivity index is 2.36. The largest absolute Gasteiger partial charge is 0.278 e. The average molecular weight is 361 g/mol. The maximum Gasteiger partial charge on any atom is 0.261 e. The van der Waals surface area contributed by atoms with Crippen LogP contribution in [0.2, 0.25) is 5.02 Å². The summed E-state index contributed by atoms with van der Waals surface area (Å²) in [6, 6.07) is 11.6. The van der Waals surface area contributed by atoms with Crippen LogP contribution >= 0.6 is 27.5 Å². The Bertz CT molecular complexity index is 699. The third-order valence-electron chi connectivity index (χ3n) is 2.49. The molecule has 0 bridgehead atoms. The van der Waals surface area contributed by atoms with Gasteiger partial charge in [-0.05, 0) is 48.9 Å². The molecule has 0 aliphatic rings. The van der Waals surface area contributed by atoms with Gasteiger partial charge in [0, 0.05) is 4.47 Å². The van der Waals surface area contributed by atoms with Crippen LogP contribution in [0.5, 0.6) is 0 Å². The molecule has 0 unspecified atom stereocenters. The third kappa shape index (κ3) is 3.49. The molecule has 100 valence electrons. The van der Waals surface area contributed by atoms with Gasteiger partial charge < -0.3 is 0 Å². The van der Waals surface area contributed by atoms with Gasteiger partial charge in [0.15, 0.2) is 0 Å². The van der Waals surface area contributed by atoms with Gasteiger partial charge in [0.2, 0.25) is 0 Å². The van der Waals surface area contributed by atoms with E-state index in [9.17, 15) is 8.42 Å². The number of aryl methyl sites for hydroxylation is 1. The molecule has 0 radical (unpaired) electrons. The molecule has 3 nitrogen and oxygen atoms in total. The van der Waals surface area contributed by atoms with Crippen LogP contribution in [0.4, 0.5) is 5.69 Å². The first-order valence-corrected chi connectivity index (χ1v) is 8.08. The zero-order valence-corrected chi connectivity index (χ0v) is 13.2. The predicted molar refractivity (Wildman–Crippen MR) is 81.1 cm³/mol. The predicted octanol–water partition coefficient (Wildman–Crippen LogP) is 4.21. The lowest BCUT2D eigenvalue weighted by Crippen LogP contribution is -2.13. The summed E-state index contributed by atoms with van der Waals surface area (Å²) in [5, 5.41) is 0.367. The monoisotopic (exact) mass is 359 g/mol. The first-order chi connectivity index (χ1) is 8.88. The van der Waals surface area contributed by atoms with Gasteiger partial charge >= 0.3 is 0 Å². The summed E-state index contributed by atoms with van der Waals surface area (Å²) in [6.45, 7) is 1.87. The Kier molecular flexibility index (Phi) is 4.18. The minimum Gasteiger partial charge on any atom is -0.278 e. The van der Waals surface area contributed by atoms with E-state index >= 15 is 0 Å². The van der Waals surface area contributed by atoms with E-state index in [0.717, 1.165) is 10.0 Å². The van der Waals surface area contributed by atoms with E-state index in [1.54, 1.807) is 24.3 Å². The molecule has 0 saturated heterocycles. The smallest absolute Gasteiger partial charge is 0.261 e. The molecule has 2 aromatic carbocycles. The standard InChI is InChI=1S/C13H11BrClNO2S/c1-9-2-7-12(15)13(8-9)16-19(17,18)11-5-3-10(14)4-6-11/h2-8,16H,1H3. The lowest BCUT2D eigenvalue weighted by molar-refractivity contribution is 0.601. The van der Waals surface area contributed by atoms with E-state index in [1.165, 1.54) is 12.1 Å². The van der Waals surface area contributed by atoms with Crippen molar-refractivity contribution in [3.8, 4) is 0 Å². The molecule has 6 heteroatoms. The van der Waals surface area contributed by atoms with E-state index in [0.29, 0.717) is 10.7 Å². The lowest BCUT2D eigenvalue weighted by atomic mass is 10.2. The molecule has 0 aliphatic carbocycles. The summed E-state index contributed by atoms with van der Waals surface area (Å²) in [4.78, 5) is 0.188. The van der Waals surface area contributed by atoms with Gasteiger partial charge in [0.25, 0.3) is 10.0 Å². The SMILES string of the molecule is Cc1ccc(Cl)c(NS(=O)(=O)c2ccc(Br)cc2)c1. The van der Waals surface area contributed by atoms with E-state index in [1.807, 2.05) is 13.0 Å². The van der Waals surface area contributed by atoms with Crippen molar-refractivity contribution in [3.63, 3.8) is 0 Å². The number of hydrogen-bond donors (Lipinski definition) is 1. The number of nitrogens with one attached hydrogen (secondary N) is 1. The Hall–Kier alpha value is -1.04. The summed E-state index contributed by atoms with van der Waals surface area (Å²) in [5.74, 6) is 0. The Morgan fingerprint density at radius 2 is 1.74 bits per heavy atom. The molecule has 19 heavy (non-hydrogen) atoms. The Labute approximate surface area is 125 Å². The number of sulfonamides is 1. The highest BCUT2D eigenvalue weighted by molar-refractivity contribution is 9.10. The van der Waals surface area contributed by atoms with Gasteiger partial charge in [0.1, 0.15) is 0 Å². The quantitative estimate of drug-likeness (QED) is 0.891. The summed E-state index contributed by atoms with van der Waals surface area (Å²) >= 11 is 9.24. The number of anilines is 1. The van der Waals surface area contributed by atoms with Crippen LogP contribution in [0.25, 0.3) is 0 Å². The van der Waals surface area contributed by atoms with Crippen molar-refractivity contribution in [2.75, 3.05) is 4.72 Å². The van der Waals surface area contributed by atoms with Crippen molar-refractivity contribution in [2.45, 2.75) is 11.8 Å². The van der Waals surface area contributed by atoms with Crippen LogP contribution in [0.3, 0.4) is 0 Å². The summed E-state index contributed by atoms with van der Waals surface area (Å²) < 4.78 is 27.7. The molecule has 0 spiro atoms. The van der Waals surface area contributed by atoms with E-state index in [4.69, 9.17) is 11.6 Å². The molecule has 1 N–H and O–H groups in total. The van der Waals surface area contributed by atoms with Gasteiger partial charge in [-0.15, -0.1) is 0 Å². The van der Waals surface area contributed by atoms with Crippen molar-refractivity contribution >= 4 is 43.2 Å². The topological polar surface area (TPSA) is 46.2 Å². The number of rotatable bonds is 3. The highest BCUT2D eigenvalue weighted by Crippen LogP contribution is 2.26. The summed E-state index contributed by atoms with van der Waals surface area (Å²) in [5.41, 5.74) is 1.31. The molecule has 0 saturated carbocycles. The normalized spacial score (nSPS) is 11.3. The molecule has 0 aliphatic heterocycles. The van der Waals surface area contributed by atoms with Gasteiger partial charge in [-0.1, -0.05) is 33.6 Å². The number of benzene rings is 2. The van der Waals surface area contributed by atoms with Crippen LogP contribution in [0.15, 0.2) is 51.8 Å². The van der Waals surface area contributed by atoms with Crippen molar-refractivity contribution in [1.29, 1.82) is 0 Å². The minimum atomic E-state index is -3.62. The number of halogens is 2. The molecule has 2 rings (SSSR count). The van der Waals surface area contributed by atoms with Crippen molar-refractivity contribution in [1.82, 2.24) is 0 Å². The van der Waals surface area contributed by atoms with E-state index in [-0.39, 0.29) is 4.90 Å². The third-order valence-corrected chi connectivity index (χ3v) is 4.73. The van der Waals surface area contributed by atoms with Gasteiger partial charge in [-0.3, -0.25) is 4.72 Å². The van der Waals surface area contributed by atoms with Crippen LogP contribution in [-0.2, 0) is 10.0 Å². The molecular weight excluding hydrogens is 350 g/mol. The van der Waals surface area contributed by atoms with Crippen LogP contribution in [0, 0.1) is 6.92 Å². The fourth-order valence-electron chi connectivity index (χ4n) is 1.53. The van der Waals surface area contributed by atoms with Crippen LogP contribution < -0.4 is 4.72 Å². The molecular formula is C13H11BrClNO2S. The Morgan fingerprint density at radius 3 is 2.37 bits per heavy atom. The maximum atomic E-state index is 12.2. The van der Waals surface area contributed by atoms with Crippen molar-refractivity contribution < 1.29 is 8.42 Å². The van der Waals surface area contributed by atoms with Crippen molar-refractivity contribution in [3.05, 3.63) is 57.5 Å². The fraction of sp³-hybridized carbons (Fsp3) is 0.0769. The molecule has 0 aromatic heterocycles. The van der Waals surface area contributed by atoms with Gasteiger partial charge in [-0.2, -0.15) is 0 Å². The molecule has 0 fully saturated rings. The highest BCUT2D eigenvalue weighted by atomic mass is 79.9. The van der Waals surface area contributed by atoms with Crippen molar-refractivity contribution in [2.24, 2.45) is 0 Å². The second-order valence-electron chi connectivity index (χ2n) is 4.04. The zero-order valence-electron chi connectivity index (χ0n) is 10.0. The zero-order chi connectivity index (χ0) is 14.0. The van der Waals surface area contributed by atoms with Gasteiger partial charge in [-0.25, -0.2) is 8.42 Å². The van der Waals surface area contributed by atoms with E-state index in [2.05, 4.69) is 20.7 Å².